The lowest BCUT2D eigenvalue weighted by atomic mass is 9.99. The maximum absolute atomic E-state index is 5.83. The van der Waals surface area contributed by atoms with Gasteiger partial charge in [0, 0.05) is 24.8 Å². The number of rotatable bonds is 8. The van der Waals surface area contributed by atoms with Crippen molar-refractivity contribution in [1.82, 2.24) is 5.32 Å². The Morgan fingerprint density at radius 3 is 2.50 bits per heavy atom. The van der Waals surface area contributed by atoms with E-state index in [-0.39, 0.29) is 0 Å². The highest BCUT2D eigenvalue weighted by molar-refractivity contribution is 6.30. The molecule has 0 amide bonds. The first-order valence-electron chi connectivity index (χ1n) is 6.22. The highest BCUT2D eigenvalue weighted by atomic mass is 35.5. The summed E-state index contributed by atoms with van der Waals surface area (Å²) in [6.07, 6.45) is 1.02. The molecule has 2 unspecified atom stereocenters. The average molecular weight is 272 g/mol. The van der Waals surface area contributed by atoms with Crippen LogP contribution in [0, 0.1) is 5.92 Å². The van der Waals surface area contributed by atoms with Crippen LogP contribution in [0.2, 0.25) is 5.02 Å². The molecule has 0 heterocycles. The third-order valence-electron chi connectivity index (χ3n) is 3.08. The average Bonchev–Trinajstić information content (AvgIpc) is 2.39. The van der Waals surface area contributed by atoms with Crippen LogP contribution in [-0.4, -0.2) is 33.4 Å². The van der Waals surface area contributed by atoms with Crippen molar-refractivity contribution in [2.75, 3.05) is 27.4 Å². The molecule has 0 bridgehead atoms. The van der Waals surface area contributed by atoms with E-state index in [1.165, 1.54) is 0 Å². The van der Waals surface area contributed by atoms with Crippen LogP contribution in [0.4, 0.5) is 0 Å². The van der Waals surface area contributed by atoms with Crippen LogP contribution in [0.3, 0.4) is 0 Å². The summed E-state index contributed by atoms with van der Waals surface area (Å²) in [7, 11) is 3.69. The predicted octanol–water partition coefficient (Wildman–Crippen LogP) is 2.98. The van der Waals surface area contributed by atoms with Crippen molar-refractivity contribution < 1.29 is 9.47 Å². The number of benzene rings is 1. The van der Waals surface area contributed by atoms with Gasteiger partial charge >= 0.3 is 0 Å². The Morgan fingerprint density at radius 1 is 1.28 bits per heavy atom. The van der Waals surface area contributed by atoms with E-state index in [1.54, 1.807) is 7.11 Å². The molecule has 1 aromatic carbocycles. The second-order valence-corrected chi connectivity index (χ2v) is 4.86. The van der Waals surface area contributed by atoms with Gasteiger partial charge in [0.1, 0.15) is 12.4 Å². The van der Waals surface area contributed by atoms with Crippen molar-refractivity contribution in [2.45, 2.75) is 19.4 Å². The predicted molar refractivity (Wildman–Crippen MR) is 75.5 cm³/mol. The van der Waals surface area contributed by atoms with Gasteiger partial charge in [-0.1, -0.05) is 18.5 Å². The summed E-state index contributed by atoms with van der Waals surface area (Å²) < 4.78 is 10.9. The largest absolute Gasteiger partial charge is 0.492 e. The van der Waals surface area contributed by atoms with E-state index < -0.39 is 0 Å². The molecule has 0 aromatic heterocycles. The molecule has 0 fully saturated rings. The van der Waals surface area contributed by atoms with Gasteiger partial charge in [0.2, 0.25) is 0 Å². The molecule has 0 saturated heterocycles. The Bertz CT molecular complexity index is 329. The maximum atomic E-state index is 5.83. The second-order valence-electron chi connectivity index (χ2n) is 4.42. The standard InChI is InChI=1S/C14H22ClNO2/c1-11(8-9-17-3)14(16-2)10-18-13-6-4-12(15)5-7-13/h4-7,11,14,16H,8-10H2,1-3H3. The van der Waals surface area contributed by atoms with Crippen LogP contribution in [0.25, 0.3) is 0 Å². The van der Waals surface area contributed by atoms with E-state index in [2.05, 4.69) is 12.2 Å². The Hall–Kier alpha value is -0.770. The van der Waals surface area contributed by atoms with Gasteiger partial charge in [0.25, 0.3) is 0 Å². The lowest BCUT2D eigenvalue weighted by Gasteiger charge is -2.23. The summed E-state index contributed by atoms with van der Waals surface area (Å²) in [6, 6.07) is 7.75. The van der Waals surface area contributed by atoms with Crippen LogP contribution >= 0.6 is 11.6 Å². The van der Waals surface area contributed by atoms with E-state index in [0.29, 0.717) is 18.6 Å². The molecule has 102 valence electrons. The minimum Gasteiger partial charge on any atom is -0.492 e. The summed E-state index contributed by atoms with van der Waals surface area (Å²) in [4.78, 5) is 0. The third kappa shape index (κ3) is 5.25. The number of hydrogen-bond acceptors (Lipinski definition) is 3. The molecule has 1 rings (SSSR count). The molecule has 2 atom stereocenters. The summed E-state index contributed by atoms with van der Waals surface area (Å²) in [5.74, 6) is 1.35. The van der Waals surface area contributed by atoms with Gasteiger partial charge in [0.05, 0.1) is 0 Å². The highest BCUT2D eigenvalue weighted by Crippen LogP contribution is 2.17. The molecule has 1 aromatic rings. The molecule has 0 radical (unpaired) electrons. The van der Waals surface area contributed by atoms with Gasteiger partial charge in [-0.25, -0.2) is 0 Å². The Morgan fingerprint density at radius 2 is 1.94 bits per heavy atom. The van der Waals surface area contributed by atoms with Gasteiger partial charge in [-0.05, 0) is 43.7 Å². The van der Waals surface area contributed by atoms with Crippen molar-refractivity contribution in [3.63, 3.8) is 0 Å². The Kier molecular flexibility index (Phi) is 7.09. The maximum Gasteiger partial charge on any atom is 0.119 e. The van der Waals surface area contributed by atoms with Crippen molar-refractivity contribution >= 4 is 11.6 Å². The number of halogens is 1. The quantitative estimate of drug-likeness (QED) is 0.789. The van der Waals surface area contributed by atoms with Crippen LogP contribution in [0.1, 0.15) is 13.3 Å². The molecule has 0 aliphatic rings. The van der Waals surface area contributed by atoms with Crippen LogP contribution in [0.15, 0.2) is 24.3 Å². The summed E-state index contributed by atoms with van der Waals surface area (Å²) >= 11 is 5.83. The number of likely N-dealkylation sites (N-methyl/N-ethyl adjacent to an activating group) is 1. The van der Waals surface area contributed by atoms with Gasteiger partial charge in [-0.3, -0.25) is 0 Å². The highest BCUT2D eigenvalue weighted by Gasteiger charge is 2.15. The van der Waals surface area contributed by atoms with Gasteiger partial charge in [-0.15, -0.1) is 0 Å². The first kappa shape index (κ1) is 15.3. The molecule has 0 aliphatic carbocycles. The Labute approximate surface area is 114 Å². The lowest BCUT2D eigenvalue weighted by molar-refractivity contribution is 0.156. The molecule has 0 aliphatic heterocycles. The number of nitrogens with one attached hydrogen (secondary N) is 1. The molecule has 3 nitrogen and oxygen atoms in total. The number of hydrogen-bond donors (Lipinski definition) is 1. The lowest BCUT2D eigenvalue weighted by Crippen LogP contribution is -2.38. The molecular formula is C14H22ClNO2. The molecule has 0 spiro atoms. The first-order valence-corrected chi connectivity index (χ1v) is 6.59. The van der Waals surface area contributed by atoms with E-state index in [9.17, 15) is 0 Å². The van der Waals surface area contributed by atoms with E-state index in [0.717, 1.165) is 23.8 Å². The topological polar surface area (TPSA) is 30.5 Å². The van der Waals surface area contributed by atoms with Crippen molar-refractivity contribution in [1.29, 1.82) is 0 Å². The van der Waals surface area contributed by atoms with Crippen molar-refractivity contribution in [2.24, 2.45) is 5.92 Å². The minimum atomic E-state index is 0.316. The van der Waals surface area contributed by atoms with Crippen LogP contribution in [-0.2, 0) is 4.74 Å². The zero-order valence-electron chi connectivity index (χ0n) is 11.3. The molecule has 0 saturated carbocycles. The first-order chi connectivity index (χ1) is 8.67. The van der Waals surface area contributed by atoms with Gasteiger partial charge in [-0.2, -0.15) is 0 Å². The molecule has 1 N–H and O–H groups in total. The second kappa shape index (κ2) is 8.35. The zero-order chi connectivity index (χ0) is 13.4. The fraction of sp³-hybridized carbons (Fsp3) is 0.571. The summed E-state index contributed by atoms with van der Waals surface area (Å²) in [6.45, 7) is 3.62. The minimum absolute atomic E-state index is 0.316. The zero-order valence-corrected chi connectivity index (χ0v) is 12.0. The van der Waals surface area contributed by atoms with Crippen molar-refractivity contribution in [3.05, 3.63) is 29.3 Å². The SMILES string of the molecule is CNC(COc1ccc(Cl)cc1)C(C)CCOC. The fourth-order valence-corrected chi connectivity index (χ4v) is 1.88. The number of ether oxygens (including phenoxy) is 2. The molecular weight excluding hydrogens is 250 g/mol. The van der Waals surface area contributed by atoms with Gasteiger partial charge < -0.3 is 14.8 Å². The number of methoxy groups -OCH3 is 1. The van der Waals surface area contributed by atoms with E-state index in [4.69, 9.17) is 21.1 Å². The van der Waals surface area contributed by atoms with Crippen molar-refractivity contribution in [3.8, 4) is 5.75 Å². The van der Waals surface area contributed by atoms with Crippen LogP contribution in [0.5, 0.6) is 5.75 Å². The molecule has 4 heteroatoms. The monoisotopic (exact) mass is 271 g/mol. The van der Waals surface area contributed by atoms with Gasteiger partial charge in [0.15, 0.2) is 0 Å². The third-order valence-corrected chi connectivity index (χ3v) is 3.33. The normalized spacial score (nSPS) is 14.2. The summed E-state index contributed by atoms with van der Waals surface area (Å²) in [5.41, 5.74) is 0. The smallest absolute Gasteiger partial charge is 0.119 e. The summed E-state index contributed by atoms with van der Waals surface area (Å²) in [5, 5.41) is 4.01. The van der Waals surface area contributed by atoms with E-state index in [1.807, 2.05) is 31.3 Å². The van der Waals surface area contributed by atoms with Crippen LogP contribution < -0.4 is 10.1 Å². The van der Waals surface area contributed by atoms with E-state index >= 15 is 0 Å². The fourth-order valence-electron chi connectivity index (χ4n) is 1.75. The Balaban J connectivity index is 2.41. The molecule has 18 heavy (non-hydrogen) atoms.